The first-order valence-electron chi connectivity index (χ1n) is 6.87. The average Bonchev–Trinajstić information content (AvgIpc) is 2.48. The molecule has 0 spiro atoms. The van der Waals surface area contributed by atoms with Crippen molar-refractivity contribution in [2.75, 3.05) is 33.5 Å². The fraction of sp³-hybridized carbons (Fsp3) is 0.533. The summed E-state index contributed by atoms with van der Waals surface area (Å²) in [5.74, 6) is 1.24. The molecule has 1 aliphatic rings. The van der Waals surface area contributed by atoms with Crippen molar-refractivity contribution in [3.63, 3.8) is 0 Å². The van der Waals surface area contributed by atoms with Crippen LogP contribution in [-0.4, -0.2) is 50.3 Å². The molecular formula is C15H21NO4. The standard InChI is InChI=1S/C15H21NO4/c1-4-20-13-6-5-12(9-14(13)18-3)15(17)16-7-8-19-10-11(16)2/h5-6,9,11H,4,7-8,10H2,1-3H3. The molecule has 0 radical (unpaired) electrons. The third-order valence-corrected chi connectivity index (χ3v) is 3.34. The molecule has 0 aromatic heterocycles. The molecule has 5 heteroatoms. The van der Waals surface area contributed by atoms with Crippen LogP contribution < -0.4 is 9.47 Å². The normalized spacial score (nSPS) is 18.8. The number of amides is 1. The topological polar surface area (TPSA) is 48.0 Å². The van der Waals surface area contributed by atoms with Crippen LogP contribution in [0, 0.1) is 0 Å². The molecule has 1 amide bonds. The molecule has 1 atom stereocenters. The van der Waals surface area contributed by atoms with Crippen molar-refractivity contribution in [2.24, 2.45) is 0 Å². The van der Waals surface area contributed by atoms with E-state index in [4.69, 9.17) is 14.2 Å². The Balaban J connectivity index is 2.21. The van der Waals surface area contributed by atoms with Gasteiger partial charge in [-0.3, -0.25) is 4.79 Å². The highest BCUT2D eigenvalue weighted by Crippen LogP contribution is 2.28. The summed E-state index contributed by atoms with van der Waals surface area (Å²) in [5, 5.41) is 0. The molecular weight excluding hydrogens is 258 g/mol. The predicted molar refractivity (Wildman–Crippen MR) is 75.5 cm³/mol. The highest BCUT2D eigenvalue weighted by atomic mass is 16.5. The van der Waals surface area contributed by atoms with Crippen molar-refractivity contribution in [3.8, 4) is 11.5 Å². The summed E-state index contributed by atoms with van der Waals surface area (Å²) in [6.07, 6.45) is 0. The van der Waals surface area contributed by atoms with Crippen molar-refractivity contribution in [1.29, 1.82) is 0 Å². The van der Waals surface area contributed by atoms with E-state index >= 15 is 0 Å². The first-order chi connectivity index (χ1) is 9.67. The number of morpholine rings is 1. The first kappa shape index (κ1) is 14.7. The van der Waals surface area contributed by atoms with E-state index in [0.29, 0.717) is 43.4 Å². The molecule has 2 rings (SSSR count). The third kappa shape index (κ3) is 3.04. The van der Waals surface area contributed by atoms with Crippen LogP contribution in [0.3, 0.4) is 0 Å². The molecule has 5 nitrogen and oxygen atoms in total. The Bertz CT molecular complexity index is 475. The zero-order valence-electron chi connectivity index (χ0n) is 12.2. The molecule has 1 aromatic rings. The van der Waals surface area contributed by atoms with Crippen LogP contribution in [-0.2, 0) is 4.74 Å². The Morgan fingerprint density at radius 2 is 2.25 bits per heavy atom. The van der Waals surface area contributed by atoms with E-state index in [1.165, 1.54) is 0 Å². The average molecular weight is 279 g/mol. The highest BCUT2D eigenvalue weighted by Gasteiger charge is 2.25. The van der Waals surface area contributed by atoms with Crippen LogP contribution >= 0.6 is 0 Å². The number of methoxy groups -OCH3 is 1. The minimum absolute atomic E-state index is 0.00199. The van der Waals surface area contributed by atoms with Crippen molar-refractivity contribution in [1.82, 2.24) is 4.90 Å². The zero-order valence-corrected chi connectivity index (χ0v) is 12.2. The monoisotopic (exact) mass is 279 g/mol. The molecule has 1 unspecified atom stereocenters. The lowest BCUT2D eigenvalue weighted by Gasteiger charge is -2.33. The second kappa shape index (κ2) is 6.61. The molecule has 1 heterocycles. The van der Waals surface area contributed by atoms with E-state index in [9.17, 15) is 4.79 Å². The molecule has 0 bridgehead atoms. The minimum atomic E-state index is 0.00199. The van der Waals surface area contributed by atoms with Crippen molar-refractivity contribution < 1.29 is 19.0 Å². The van der Waals surface area contributed by atoms with Gasteiger partial charge >= 0.3 is 0 Å². The summed E-state index contributed by atoms with van der Waals surface area (Å²) in [7, 11) is 1.57. The predicted octanol–water partition coefficient (Wildman–Crippen LogP) is 1.95. The third-order valence-electron chi connectivity index (χ3n) is 3.34. The van der Waals surface area contributed by atoms with Crippen molar-refractivity contribution in [3.05, 3.63) is 23.8 Å². The Kier molecular flexibility index (Phi) is 4.84. The van der Waals surface area contributed by atoms with Crippen LogP contribution in [0.25, 0.3) is 0 Å². The number of nitrogens with zero attached hydrogens (tertiary/aromatic N) is 1. The summed E-state index contributed by atoms with van der Waals surface area (Å²) < 4.78 is 16.1. The van der Waals surface area contributed by atoms with Crippen LogP contribution in [0.15, 0.2) is 18.2 Å². The summed E-state index contributed by atoms with van der Waals surface area (Å²) in [5.41, 5.74) is 0.610. The van der Waals surface area contributed by atoms with Gasteiger partial charge in [-0.25, -0.2) is 0 Å². The van der Waals surface area contributed by atoms with E-state index in [1.807, 2.05) is 18.7 Å². The zero-order chi connectivity index (χ0) is 14.5. The second-order valence-corrected chi connectivity index (χ2v) is 4.72. The Morgan fingerprint density at radius 3 is 2.90 bits per heavy atom. The Morgan fingerprint density at radius 1 is 1.45 bits per heavy atom. The summed E-state index contributed by atoms with van der Waals surface area (Å²) >= 11 is 0. The Hall–Kier alpha value is -1.75. The van der Waals surface area contributed by atoms with Gasteiger partial charge in [0, 0.05) is 12.1 Å². The molecule has 1 saturated heterocycles. The van der Waals surface area contributed by atoms with Gasteiger partial charge in [-0.15, -0.1) is 0 Å². The van der Waals surface area contributed by atoms with Crippen LogP contribution in [0.2, 0.25) is 0 Å². The molecule has 1 fully saturated rings. The quantitative estimate of drug-likeness (QED) is 0.845. The summed E-state index contributed by atoms with van der Waals surface area (Å²) in [6.45, 7) is 6.25. The van der Waals surface area contributed by atoms with Crippen LogP contribution in [0.5, 0.6) is 11.5 Å². The van der Waals surface area contributed by atoms with E-state index in [0.717, 1.165) is 0 Å². The largest absolute Gasteiger partial charge is 0.493 e. The lowest BCUT2D eigenvalue weighted by Crippen LogP contribution is -2.47. The molecule has 0 saturated carbocycles. The number of hydrogen-bond acceptors (Lipinski definition) is 4. The SMILES string of the molecule is CCOc1ccc(C(=O)N2CCOCC2C)cc1OC. The van der Waals surface area contributed by atoms with E-state index in [2.05, 4.69) is 0 Å². The molecule has 1 aliphatic heterocycles. The number of carbonyl (C=O) groups excluding carboxylic acids is 1. The van der Waals surface area contributed by atoms with Gasteiger partial charge in [-0.05, 0) is 32.0 Å². The number of rotatable bonds is 4. The van der Waals surface area contributed by atoms with Gasteiger partial charge in [-0.1, -0.05) is 0 Å². The van der Waals surface area contributed by atoms with Gasteiger partial charge in [0.05, 0.1) is 33.0 Å². The van der Waals surface area contributed by atoms with Gasteiger partial charge in [0.15, 0.2) is 11.5 Å². The summed E-state index contributed by atoms with van der Waals surface area (Å²) in [6, 6.07) is 5.38. The second-order valence-electron chi connectivity index (χ2n) is 4.72. The number of benzene rings is 1. The molecule has 0 aliphatic carbocycles. The fourth-order valence-electron chi connectivity index (χ4n) is 2.27. The molecule has 1 aromatic carbocycles. The minimum Gasteiger partial charge on any atom is -0.493 e. The van der Waals surface area contributed by atoms with E-state index in [1.54, 1.807) is 25.3 Å². The Labute approximate surface area is 119 Å². The summed E-state index contributed by atoms with van der Waals surface area (Å²) in [4.78, 5) is 14.4. The number of hydrogen-bond donors (Lipinski definition) is 0. The van der Waals surface area contributed by atoms with Crippen molar-refractivity contribution >= 4 is 5.91 Å². The maximum atomic E-state index is 12.5. The number of ether oxygens (including phenoxy) is 3. The van der Waals surface area contributed by atoms with Gasteiger partial charge in [0.25, 0.3) is 5.91 Å². The van der Waals surface area contributed by atoms with Gasteiger partial charge < -0.3 is 19.1 Å². The first-order valence-corrected chi connectivity index (χ1v) is 6.87. The lowest BCUT2D eigenvalue weighted by molar-refractivity contribution is 0.00358. The van der Waals surface area contributed by atoms with E-state index in [-0.39, 0.29) is 11.9 Å². The maximum absolute atomic E-state index is 12.5. The van der Waals surface area contributed by atoms with E-state index < -0.39 is 0 Å². The lowest BCUT2D eigenvalue weighted by atomic mass is 10.1. The van der Waals surface area contributed by atoms with Crippen LogP contribution in [0.4, 0.5) is 0 Å². The van der Waals surface area contributed by atoms with Crippen molar-refractivity contribution in [2.45, 2.75) is 19.9 Å². The van der Waals surface area contributed by atoms with Crippen LogP contribution in [0.1, 0.15) is 24.2 Å². The molecule has 20 heavy (non-hydrogen) atoms. The smallest absolute Gasteiger partial charge is 0.254 e. The van der Waals surface area contributed by atoms with Gasteiger partial charge in [0.1, 0.15) is 0 Å². The highest BCUT2D eigenvalue weighted by molar-refractivity contribution is 5.95. The molecule has 0 N–H and O–H groups in total. The number of carbonyl (C=O) groups is 1. The van der Waals surface area contributed by atoms with Gasteiger partial charge in [0.2, 0.25) is 0 Å². The molecule has 110 valence electrons. The maximum Gasteiger partial charge on any atom is 0.254 e. The fourth-order valence-corrected chi connectivity index (χ4v) is 2.27. The van der Waals surface area contributed by atoms with Gasteiger partial charge in [-0.2, -0.15) is 0 Å².